The van der Waals surface area contributed by atoms with Gasteiger partial charge in [0.15, 0.2) is 5.75 Å². The molecule has 0 radical (unpaired) electrons. The molecule has 5 nitrogen and oxygen atoms in total. The van der Waals surface area contributed by atoms with E-state index in [-0.39, 0.29) is 5.78 Å². The van der Waals surface area contributed by atoms with E-state index in [4.69, 9.17) is 10.5 Å². The molecule has 1 rings (SSSR count). The highest BCUT2D eigenvalue weighted by molar-refractivity contribution is 6.00. The smallest absolute Gasteiger partial charge is 0.201 e. The predicted octanol–water partition coefficient (Wildman–Crippen LogP) is 1.61. The molecule has 0 aromatic carbocycles. The molecule has 1 aromatic heterocycles. The van der Waals surface area contributed by atoms with Crippen LogP contribution in [0.25, 0.3) is 0 Å². The molecule has 0 aliphatic rings. The van der Waals surface area contributed by atoms with Crippen molar-refractivity contribution in [2.45, 2.75) is 45.7 Å². The number of unbranched alkanes of at least 4 members (excludes halogenated alkanes) is 1. The van der Waals surface area contributed by atoms with Crippen molar-refractivity contribution in [1.29, 1.82) is 0 Å². The summed E-state index contributed by atoms with van der Waals surface area (Å²) in [5.74, 6) is 0.415. The molecule has 0 bridgehead atoms. The van der Waals surface area contributed by atoms with Gasteiger partial charge in [-0.15, -0.1) is 0 Å². The highest BCUT2D eigenvalue weighted by Crippen LogP contribution is 2.20. The van der Waals surface area contributed by atoms with Crippen LogP contribution in [0.15, 0.2) is 6.20 Å². The van der Waals surface area contributed by atoms with E-state index in [2.05, 4.69) is 12.0 Å². The Hall–Kier alpha value is -1.36. The van der Waals surface area contributed by atoms with Gasteiger partial charge in [0.05, 0.1) is 19.3 Å². The number of carbonyl (C=O) groups excluding carboxylic acids is 1. The molecule has 0 saturated carbocycles. The highest BCUT2D eigenvalue weighted by Gasteiger charge is 2.23. The van der Waals surface area contributed by atoms with Gasteiger partial charge in [0.25, 0.3) is 0 Å². The third-order valence-corrected chi connectivity index (χ3v) is 2.76. The SMILES string of the molecule is CCCCC(N)C(=O)c1c(OC)cnn1CC. The van der Waals surface area contributed by atoms with Crippen LogP contribution in [0, 0.1) is 0 Å². The van der Waals surface area contributed by atoms with Crippen LogP contribution in [0.1, 0.15) is 43.6 Å². The first kappa shape index (κ1) is 13.7. The first-order valence-corrected chi connectivity index (χ1v) is 6.05. The van der Waals surface area contributed by atoms with Gasteiger partial charge in [0, 0.05) is 6.54 Å². The van der Waals surface area contributed by atoms with Gasteiger partial charge >= 0.3 is 0 Å². The number of carbonyl (C=O) groups is 1. The summed E-state index contributed by atoms with van der Waals surface area (Å²) in [6, 6.07) is -0.467. The van der Waals surface area contributed by atoms with Crippen LogP contribution in [0.2, 0.25) is 0 Å². The van der Waals surface area contributed by atoms with E-state index in [9.17, 15) is 4.79 Å². The van der Waals surface area contributed by atoms with Gasteiger partial charge in [-0.05, 0) is 13.3 Å². The Kier molecular flexibility index (Phi) is 5.15. The molecule has 0 amide bonds. The van der Waals surface area contributed by atoms with E-state index < -0.39 is 6.04 Å². The lowest BCUT2D eigenvalue weighted by molar-refractivity contribution is 0.0942. The van der Waals surface area contributed by atoms with Crippen LogP contribution in [0.3, 0.4) is 0 Å². The zero-order chi connectivity index (χ0) is 12.8. The number of aromatic nitrogens is 2. The maximum atomic E-state index is 12.2. The zero-order valence-electron chi connectivity index (χ0n) is 10.8. The fraction of sp³-hybridized carbons (Fsp3) is 0.667. The van der Waals surface area contributed by atoms with Crippen LogP contribution in [-0.4, -0.2) is 28.7 Å². The van der Waals surface area contributed by atoms with E-state index in [1.54, 1.807) is 10.9 Å². The minimum Gasteiger partial charge on any atom is -0.493 e. The quantitative estimate of drug-likeness (QED) is 0.734. The summed E-state index contributed by atoms with van der Waals surface area (Å²) in [5.41, 5.74) is 6.38. The lowest BCUT2D eigenvalue weighted by Crippen LogP contribution is -2.32. The Morgan fingerprint density at radius 3 is 2.82 bits per heavy atom. The molecule has 0 fully saturated rings. The number of nitrogens with zero attached hydrogens (tertiary/aromatic N) is 2. The molecular formula is C12H21N3O2. The van der Waals surface area contributed by atoms with E-state index >= 15 is 0 Å². The first-order valence-electron chi connectivity index (χ1n) is 6.05. The summed E-state index contributed by atoms with van der Waals surface area (Å²) in [6.45, 7) is 4.64. The molecule has 1 unspecified atom stereocenters. The molecule has 2 N–H and O–H groups in total. The molecular weight excluding hydrogens is 218 g/mol. The number of hydrogen-bond acceptors (Lipinski definition) is 4. The zero-order valence-corrected chi connectivity index (χ0v) is 10.8. The number of hydrogen-bond donors (Lipinski definition) is 1. The topological polar surface area (TPSA) is 70.1 Å². The highest BCUT2D eigenvalue weighted by atomic mass is 16.5. The van der Waals surface area contributed by atoms with Gasteiger partial charge < -0.3 is 10.5 Å². The number of methoxy groups -OCH3 is 1. The van der Waals surface area contributed by atoms with Crippen molar-refractivity contribution in [2.75, 3.05) is 7.11 Å². The largest absolute Gasteiger partial charge is 0.493 e. The molecule has 1 atom stereocenters. The Morgan fingerprint density at radius 2 is 2.29 bits per heavy atom. The lowest BCUT2D eigenvalue weighted by atomic mass is 10.0. The Bertz CT molecular complexity index is 352. The van der Waals surface area contributed by atoms with Gasteiger partial charge in [-0.2, -0.15) is 5.10 Å². The summed E-state index contributed by atoms with van der Waals surface area (Å²) < 4.78 is 6.78. The van der Waals surface area contributed by atoms with E-state index in [0.29, 0.717) is 24.4 Å². The number of aryl methyl sites for hydroxylation is 1. The van der Waals surface area contributed by atoms with Gasteiger partial charge in [-0.1, -0.05) is 19.8 Å². The fourth-order valence-corrected chi connectivity index (χ4v) is 1.74. The van der Waals surface area contributed by atoms with Crippen molar-refractivity contribution in [3.8, 4) is 5.75 Å². The monoisotopic (exact) mass is 239 g/mol. The van der Waals surface area contributed by atoms with Gasteiger partial charge in [0.1, 0.15) is 5.69 Å². The third kappa shape index (κ3) is 3.06. The third-order valence-electron chi connectivity index (χ3n) is 2.76. The van der Waals surface area contributed by atoms with Crippen LogP contribution in [-0.2, 0) is 6.54 Å². The van der Waals surface area contributed by atoms with Crippen LogP contribution >= 0.6 is 0 Å². The average Bonchev–Trinajstić information content (AvgIpc) is 2.77. The number of ether oxygens (including phenoxy) is 1. The van der Waals surface area contributed by atoms with Gasteiger partial charge in [-0.3, -0.25) is 9.48 Å². The summed E-state index contributed by atoms with van der Waals surface area (Å²) in [5, 5.41) is 4.10. The minimum absolute atomic E-state index is 0.0883. The van der Waals surface area contributed by atoms with E-state index in [0.717, 1.165) is 12.8 Å². The second-order valence-corrected chi connectivity index (χ2v) is 3.99. The van der Waals surface area contributed by atoms with Crippen molar-refractivity contribution < 1.29 is 9.53 Å². The van der Waals surface area contributed by atoms with E-state index in [1.807, 2.05) is 6.92 Å². The molecule has 17 heavy (non-hydrogen) atoms. The summed E-state index contributed by atoms with van der Waals surface area (Å²) in [4.78, 5) is 12.2. The van der Waals surface area contributed by atoms with Crippen LogP contribution in [0.5, 0.6) is 5.75 Å². The molecule has 0 aliphatic heterocycles. The summed E-state index contributed by atoms with van der Waals surface area (Å²) >= 11 is 0. The first-order chi connectivity index (χ1) is 8.15. The molecule has 5 heteroatoms. The van der Waals surface area contributed by atoms with Crippen molar-refractivity contribution in [3.05, 3.63) is 11.9 Å². The second-order valence-electron chi connectivity index (χ2n) is 3.99. The number of Topliss-reactive ketones (excluding diaryl/α,β-unsaturated/α-hetero) is 1. The maximum absolute atomic E-state index is 12.2. The molecule has 1 aromatic rings. The summed E-state index contributed by atoms with van der Waals surface area (Å²) in [6.07, 6.45) is 4.25. The Labute approximate surface area is 102 Å². The van der Waals surface area contributed by atoms with E-state index in [1.165, 1.54) is 7.11 Å². The molecule has 1 heterocycles. The van der Waals surface area contributed by atoms with Crippen molar-refractivity contribution in [1.82, 2.24) is 9.78 Å². The number of rotatable bonds is 7. The molecule has 0 aliphatic carbocycles. The second kappa shape index (κ2) is 6.39. The van der Waals surface area contributed by atoms with Crippen molar-refractivity contribution in [3.63, 3.8) is 0 Å². The molecule has 0 spiro atoms. The van der Waals surface area contributed by atoms with Crippen molar-refractivity contribution in [2.24, 2.45) is 5.73 Å². The molecule has 0 saturated heterocycles. The number of nitrogens with two attached hydrogens (primary N) is 1. The maximum Gasteiger partial charge on any atom is 0.201 e. The minimum atomic E-state index is -0.467. The predicted molar refractivity (Wildman–Crippen MR) is 66.3 cm³/mol. The lowest BCUT2D eigenvalue weighted by Gasteiger charge is -2.12. The Balaban J connectivity index is 2.89. The van der Waals surface area contributed by atoms with Crippen LogP contribution < -0.4 is 10.5 Å². The van der Waals surface area contributed by atoms with Crippen molar-refractivity contribution >= 4 is 5.78 Å². The standard InChI is InChI=1S/C12H21N3O2/c1-4-6-7-9(13)12(16)11-10(17-3)8-14-15(11)5-2/h8-9H,4-7,13H2,1-3H3. The van der Waals surface area contributed by atoms with Gasteiger partial charge in [0.2, 0.25) is 5.78 Å². The normalized spacial score (nSPS) is 12.5. The fourth-order valence-electron chi connectivity index (χ4n) is 1.74. The average molecular weight is 239 g/mol. The van der Waals surface area contributed by atoms with Crippen LogP contribution in [0.4, 0.5) is 0 Å². The summed E-state index contributed by atoms with van der Waals surface area (Å²) in [7, 11) is 1.53. The number of ketones is 1. The van der Waals surface area contributed by atoms with Gasteiger partial charge in [-0.25, -0.2) is 0 Å². The Morgan fingerprint density at radius 1 is 1.59 bits per heavy atom. The molecule has 96 valence electrons.